The molecule has 0 aliphatic carbocycles. The molecule has 1 fully saturated rings. The Kier molecular flexibility index (Phi) is 4.15. The van der Waals surface area contributed by atoms with Crippen LogP contribution in [-0.4, -0.2) is 36.1 Å². The van der Waals surface area contributed by atoms with Gasteiger partial charge in [-0.05, 0) is 44.0 Å². The molecule has 4 heteroatoms. The Labute approximate surface area is 126 Å². The first-order valence-electron chi connectivity index (χ1n) is 7.65. The van der Waals surface area contributed by atoms with Crippen LogP contribution in [0.1, 0.15) is 18.5 Å². The van der Waals surface area contributed by atoms with Gasteiger partial charge in [0.25, 0.3) is 0 Å². The fourth-order valence-electron chi connectivity index (χ4n) is 3.01. The summed E-state index contributed by atoms with van der Waals surface area (Å²) in [5.74, 6) is 0.911. The molecule has 1 aromatic heterocycles. The summed E-state index contributed by atoms with van der Waals surface area (Å²) in [6.07, 6.45) is 2.47. The highest BCUT2D eigenvalue weighted by atomic mass is 15.2. The van der Waals surface area contributed by atoms with E-state index in [9.17, 15) is 0 Å². The van der Waals surface area contributed by atoms with Gasteiger partial charge in [-0.2, -0.15) is 0 Å². The third-order valence-electron chi connectivity index (χ3n) is 4.08. The summed E-state index contributed by atoms with van der Waals surface area (Å²) < 4.78 is 0. The quantitative estimate of drug-likeness (QED) is 0.790. The molecule has 0 saturated carbocycles. The largest absolute Gasteiger partial charge is 0.368 e. The molecule has 2 aromatic rings. The second-order valence-corrected chi connectivity index (χ2v) is 5.96. The van der Waals surface area contributed by atoms with Crippen molar-refractivity contribution in [3.8, 4) is 0 Å². The van der Waals surface area contributed by atoms with Crippen LogP contribution in [0.3, 0.4) is 0 Å². The lowest BCUT2D eigenvalue weighted by molar-refractivity contribution is 0.233. The van der Waals surface area contributed by atoms with Crippen LogP contribution in [-0.2, 0) is 6.54 Å². The van der Waals surface area contributed by atoms with Gasteiger partial charge < -0.3 is 20.5 Å². The molecule has 3 rings (SSSR count). The maximum atomic E-state index is 4.09. The van der Waals surface area contributed by atoms with Crippen molar-refractivity contribution in [2.75, 3.05) is 20.1 Å². The molecule has 1 aliphatic heterocycles. The van der Waals surface area contributed by atoms with Crippen LogP contribution in [0, 0.1) is 0 Å². The Morgan fingerprint density at radius 3 is 3.10 bits per heavy atom. The summed E-state index contributed by atoms with van der Waals surface area (Å²) >= 11 is 0. The molecule has 0 bridgehead atoms. The molecule has 0 radical (unpaired) electrons. The molecule has 4 nitrogen and oxygen atoms in total. The molecule has 1 unspecified atom stereocenters. The summed E-state index contributed by atoms with van der Waals surface area (Å²) in [5.41, 5.74) is 2.36. The summed E-state index contributed by atoms with van der Waals surface area (Å²) in [5, 5.41) is 8.11. The van der Waals surface area contributed by atoms with E-state index in [0.29, 0.717) is 6.04 Å². The third-order valence-corrected chi connectivity index (χ3v) is 4.08. The number of likely N-dealkylation sites (tertiary alicyclic amines) is 1. The number of nitrogens with one attached hydrogen (secondary N) is 3. The van der Waals surface area contributed by atoms with E-state index in [1.165, 1.54) is 36.0 Å². The van der Waals surface area contributed by atoms with E-state index >= 15 is 0 Å². The van der Waals surface area contributed by atoms with Crippen LogP contribution in [0.5, 0.6) is 0 Å². The Hall–Kier alpha value is -1.94. The van der Waals surface area contributed by atoms with Crippen LogP contribution >= 0.6 is 0 Å². The van der Waals surface area contributed by atoms with Crippen molar-refractivity contribution < 1.29 is 0 Å². The molecule has 3 N–H and O–H groups in total. The molecule has 0 amide bonds. The van der Waals surface area contributed by atoms with E-state index in [1.807, 2.05) is 0 Å². The first-order chi connectivity index (χ1) is 10.2. The summed E-state index contributed by atoms with van der Waals surface area (Å²) in [7, 11) is 2.18. The van der Waals surface area contributed by atoms with E-state index in [0.717, 1.165) is 18.9 Å². The van der Waals surface area contributed by atoms with Gasteiger partial charge in [0.05, 0.1) is 12.4 Å². The smallest absolute Gasteiger partial charge is 0.0918 e. The number of para-hydroxylation sites is 1. The van der Waals surface area contributed by atoms with Gasteiger partial charge in [0.15, 0.2) is 0 Å². The third kappa shape index (κ3) is 3.58. The molecule has 1 atom stereocenters. The zero-order chi connectivity index (χ0) is 14.7. The number of piperidine rings is 1. The fourth-order valence-corrected chi connectivity index (χ4v) is 3.01. The number of rotatable bonds is 5. The highest BCUT2D eigenvalue weighted by Gasteiger charge is 2.16. The standard InChI is InChI=1S/C17H24N4/c1-13(19-15-7-5-9-21(2)12-15)18-11-16-10-14-6-3-4-8-17(14)20-16/h3-4,6,8,10,15,18-20H,1,5,7,9,11-12H2,2H3. The molecule has 1 saturated heterocycles. The van der Waals surface area contributed by atoms with Gasteiger partial charge >= 0.3 is 0 Å². The van der Waals surface area contributed by atoms with Crippen molar-refractivity contribution in [2.24, 2.45) is 0 Å². The lowest BCUT2D eigenvalue weighted by atomic mass is 10.1. The molecule has 21 heavy (non-hydrogen) atoms. The van der Waals surface area contributed by atoms with Crippen molar-refractivity contribution in [1.29, 1.82) is 0 Å². The SMILES string of the molecule is C=C(NCc1cc2ccccc2[nH]1)NC1CCCN(C)C1. The van der Waals surface area contributed by atoms with Gasteiger partial charge in [-0.3, -0.25) is 0 Å². The maximum Gasteiger partial charge on any atom is 0.0918 e. The molecular formula is C17H24N4. The molecule has 1 aromatic carbocycles. The minimum Gasteiger partial charge on any atom is -0.368 e. The van der Waals surface area contributed by atoms with Crippen molar-refractivity contribution in [1.82, 2.24) is 20.5 Å². The number of aromatic amines is 1. The van der Waals surface area contributed by atoms with E-state index < -0.39 is 0 Å². The monoisotopic (exact) mass is 284 g/mol. The van der Waals surface area contributed by atoms with Gasteiger partial charge in [0.2, 0.25) is 0 Å². The summed E-state index contributed by atoms with van der Waals surface area (Å²) in [6.45, 7) is 7.15. The number of likely N-dealkylation sites (N-methyl/N-ethyl adjacent to an activating group) is 1. The summed E-state index contributed by atoms with van der Waals surface area (Å²) in [6, 6.07) is 11.0. The topological polar surface area (TPSA) is 43.1 Å². The van der Waals surface area contributed by atoms with Gasteiger partial charge in [-0.15, -0.1) is 0 Å². The predicted molar refractivity (Wildman–Crippen MR) is 87.9 cm³/mol. The lowest BCUT2D eigenvalue weighted by Crippen LogP contribution is -2.45. The second-order valence-electron chi connectivity index (χ2n) is 5.96. The molecule has 112 valence electrons. The molecule has 0 spiro atoms. The van der Waals surface area contributed by atoms with E-state index in [4.69, 9.17) is 0 Å². The minimum atomic E-state index is 0.506. The van der Waals surface area contributed by atoms with Crippen LogP contribution in [0.15, 0.2) is 42.7 Å². The lowest BCUT2D eigenvalue weighted by Gasteiger charge is -2.31. The molecule has 1 aliphatic rings. The molecule has 2 heterocycles. The predicted octanol–water partition coefficient (Wildman–Crippen LogP) is 2.41. The van der Waals surface area contributed by atoms with Crippen molar-refractivity contribution in [2.45, 2.75) is 25.4 Å². The van der Waals surface area contributed by atoms with Crippen molar-refractivity contribution in [3.05, 3.63) is 48.4 Å². The van der Waals surface area contributed by atoms with Gasteiger partial charge in [-0.1, -0.05) is 24.8 Å². The van der Waals surface area contributed by atoms with Gasteiger partial charge in [0.1, 0.15) is 0 Å². The average molecular weight is 284 g/mol. The number of hydrogen-bond acceptors (Lipinski definition) is 3. The Balaban J connectivity index is 1.51. The van der Waals surface area contributed by atoms with Crippen LogP contribution in [0.2, 0.25) is 0 Å². The number of benzene rings is 1. The van der Waals surface area contributed by atoms with E-state index in [2.05, 4.69) is 64.5 Å². The Morgan fingerprint density at radius 1 is 1.43 bits per heavy atom. The second kappa shape index (κ2) is 6.22. The van der Waals surface area contributed by atoms with E-state index in [1.54, 1.807) is 0 Å². The highest BCUT2D eigenvalue weighted by molar-refractivity contribution is 5.80. The number of H-pyrrole nitrogens is 1. The zero-order valence-corrected chi connectivity index (χ0v) is 12.7. The maximum absolute atomic E-state index is 4.09. The average Bonchev–Trinajstić information content (AvgIpc) is 2.88. The van der Waals surface area contributed by atoms with Gasteiger partial charge in [0, 0.05) is 23.8 Å². The highest BCUT2D eigenvalue weighted by Crippen LogP contribution is 2.14. The molecular weight excluding hydrogens is 260 g/mol. The zero-order valence-electron chi connectivity index (χ0n) is 12.7. The van der Waals surface area contributed by atoms with Crippen LogP contribution in [0.25, 0.3) is 10.9 Å². The summed E-state index contributed by atoms with van der Waals surface area (Å²) in [4.78, 5) is 5.79. The van der Waals surface area contributed by atoms with Crippen molar-refractivity contribution >= 4 is 10.9 Å². The fraction of sp³-hybridized carbons (Fsp3) is 0.412. The van der Waals surface area contributed by atoms with Crippen LogP contribution < -0.4 is 10.6 Å². The normalized spacial score (nSPS) is 19.6. The van der Waals surface area contributed by atoms with Gasteiger partial charge in [-0.25, -0.2) is 0 Å². The minimum absolute atomic E-state index is 0.506. The first kappa shape index (κ1) is 14.0. The first-order valence-corrected chi connectivity index (χ1v) is 7.65. The number of nitrogens with zero attached hydrogens (tertiary/aromatic N) is 1. The Morgan fingerprint density at radius 2 is 2.29 bits per heavy atom. The number of aromatic nitrogens is 1. The number of fused-ring (bicyclic) bond motifs is 1. The Bertz CT molecular complexity index is 583. The van der Waals surface area contributed by atoms with Crippen molar-refractivity contribution in [3.63, 3.8) is 0 Å². The number of hydrogen-bond donors (Lipinski definition) is 3. The van der Waals surface area contributed by atoms with E-state index in [-0.39, 0.29) is 0 Å². The van der Waals surface area contributed by atoms with Crippen LogP contribution in [0.4, 0.5) is 0 Å².